The van der Waals surface area contributed by atoms with Gasteiger partial charge < -0.3 is 9.30 Å². The molecule has 1 unspecified atom stereocenters. The topological polar surface area (TPSA) is 31.2 Å². The highest BCUT2D eigenvalue weighted by molar-refractivity contribution is 5.95. The Morgan fingerprint density at radius 3 is 2.58 bits per heavy atom. The van der Waals surface area contributed by atoms with Gasteiger partial charge in [0.25, 0.3) is 0 Å². The Morgan fingerprint density at radius 1 is 0.885 bits per heavy atom. The summed E-state index contributed by atoms with van der Waals surface area (Å²) in [6.07, 6.45) is -0.450. The van der Waals surface area contributed by atoms with Crippen molar-refractivity contribution in [2.75, 3.05) is 0 Å². The number of rotatable bonds is 2. The van der Waals surface area contributed by atoms with Crippen LogP contribution in [0.2, 0.25) is 0 Å². The summed E-state index contributed by atoms with van der Waals surface area (Å²) in [5.41, 5.74) is 5.96. The first-order valence-corrected chi connectivity index (χ1v) is 8.69. The molecule has 3 nitrogen and oxygen atoms in total. The van der Waals surface area contributed by atoms with Gasteiger partial charge in [-0.1, -0.05) is 60.2 Å². The van der Waals surface area contributed by atoms with Crippen LogP contribution in [-0.4, -0.2) is 10.5 Å². The van der Waals surface area contributed by atoms with Gasteiger partial charge in [0.05, 0.1) is 16.8 Å². The predicted octanol–water partition coefficient (Wildman–Crippen LogP) is 5.33. The molecule has 3 heteroatoms. The summed E-state index contributed by atoms with van der Waals surface area (Å²) in [6.45, 7) is 2.08. The van der Waals surface area contributed by atoms with Crippen LogP contribution in [0.5, 0.6) is 0 Å². The average Bonchev–Trinajstić information content (AvgIpc) is 3.20. The molecule has 5 rings (SSSR count). The van der Waals surface area contributed by atoms with E-state index in [1.165, 1.54) is 5.56 Å². The molecular weight excluding hydrogens is 322 g/mol. The second kappa shape index (κ2) is 5.60. The van der Waals surface area contributed by atoms with Crippen molar-refractivity contribution in [3.05, 3.63) is 95.6 Å². The van der Waals surface area contributed by atoms with Crippen molar-refractivity contribution in [3.8, 4) is 11.3 Å². The van der Waals surface area contributed by atoms with Gasteiger partial charge in [0, 0.05) is 10.9 Å². The van der Waals surface area contributed by atoms with E-state index in [9.17, 15) is 4.79 Å². The summed E-state index contributed by atoms with van der Waals surface area (Å²) in [5.74, 6) is -0.265. The molecule has 0 saturated heterocycles. The summed E-state index contributed by atoms with van der Waals surface area (Å²) in [4.78, 5) is 12.4. The van der Waals surface area contributed by atoms with Crippen molar-refractivity contribution in [1.82, 2.24) is 4.57 Å². The Morgan fingerprint density at radius 2 is 1.69 bits per heavy atom. The van der Waals surface area contributed by atoms with Crippen LogP contribution in [0.3, 0.4) is 0 Å². The first kappa shape index (κ1) is 15.0. The summed E-state index contributed by atoms with van der Waals surface area (Å²) in [6, 6.07) is 26.4. The molecule has 2 heterocycles. The van der Waals surface area contributed by atoms with E-state index in [1.54, 1.807) is 0 Å². The van der Waals surface area contributed by atoms with Gasteiger partial charge in [-0.05, 0) is 36.8 Å². The molecule has 0 spiro atoms. The van der Waals surface area contributed by atoms with Gasteiger partial charge in [-0.3, -0.25) is 0 Å². The van der Waals surface area contributed by atoms with E-state index in [2.05, 4.69) is 54.0 Å². The zero-order valence-electron chi connectivity index (χ0n) is 14.3. The van der Waals surface area contributed by atoms with Crippen LogP contribution in [0.1, 0.15) is 27.7 Å². The molecule has 0 bridgehead atoms. The van der Waals surface area contributed by atoms with E-state index in [4.69, 9.17) is 4.74 Å². The summed E-state index contributed by atoms with van der Waals surface area (Å²) in [5, 5.41) is 1.13. The number of nitrogens with zero attached hydrogens (tertiary/aromatic N) is 1. The monoisotopic (exact) mass is 339 g/mol. The lowest BCUT2D eigenvalue weighted by Gasteiger charge is -2.18. The number of hydrogen-bond acceptors (Lipinski definition) is 2. The van der Waals surface area contributed by atoms with E-state index in [-0.39, 0.29) is 5.97 Å². The standard InChI is InChI=1S/C23H17NO2/c1-15-7-6-9-16(13-15)21-14-17-8-2-5-12-20(17)24(21)22-18-10-3-4-11-19(18)23(25)26-22/h2-14,22H,1H3. The molecule has 4 aromatic rings. The number of cyclic esters (lactones) is 1. The number of hydrogen-bond donors (Lipinski definition) is 0. The Hall–Kier alpha value is -3.33. The molecule has 0 N–H and O–H groups in total. The lowest BCUT2D eigenvalue weighted by atomic mass is 10.1. The van der Waals surface area contributed by atoms with Gasteiger partial charge >= 0.3 is 5.97 Å². The van der Waals surface area contributed by atoms with E-state index in [0.717, 1.165) is 27.7 Å². The normalized spacial score (nSPS) is 15.9. The molecule has 26 heavy (non-hydrogen) atoms. The molecule has 3 aromatic carbocycles. The summed E-state index contributed by atoms with van der Waals surface area (Å²) >= 11 is 0. The van der Waals surface area contributed by atoms with Gasteiger partial charge in [0.2, 0.25) is 6.23 Å². The van der Waals surface area contributed by atoms with E-state index in [1.807, 2.05) is 36.4 Å². The van der Waals surface area contributed by atoms with Gasteiger partial charge in [-0.25, -0.2) is 4.79 Å². The van der Waals surface area contributed by atoms with Crippen LogP contribution in [0.4, 0.5) is 0 Å². The van der Waals surface area contributed by atoms with Crippen LogP contribution in [-0.2, 0) is 4.74 Å². The molecular formula is C23H17NO2. The maximum Gasteiger partial charge on any atom is 0.340 e. The van der Waals surface area contributed by atoms with Gasteiger partial charge in [-0.15, -0.1) is 0 Å². The number of benzene rings is 3. The number of aryl methyl sites for hydroxylation is 1. The quantitative estimate of drug-likeness (QED) is 0.462. The lowest BCUT2D eigenvalue weighted by Crippen LogP contribution is -2.11. The van der Waals surface area contributed by atoms with Crippen LogP contribution >= 0.6 is 0 Å². The molecule has 1 atom stereocenters. The number of carbonyl (C=O) groups is 1. The van der Waals surface area contributed by atoms with Crippen molar-refractivity contribution in [2.24, 2.45) is 0 Å². The molecule has 1 aromatic heterocycles. The van der Waals surface area contributed by atoms with E-state index >= 15 is 0 Å². The average molecular weight is 339 g/mol. The van der Waals surface area contributed by atoms with Crippen LogP contribution in [0.25, 0.3) is 22.2 Å². The van der Waals surface area contributed by atoms with Gasteiger partial charge in [0.15, 0.2) is 0 Å². The fraction of sp³-hybridized carbons (Fsp3) is 0.0870. The van der Waals surface area contributed by atoms with E-state index < -0.39 is 6.23 Å². The fourth-order valence-electron chi connectivity index (χ4n) is 3.77. The molecule has 0 saturated carbocycles. The Balaban J connectivity index is 1.80. The molecule has 1 aliphatic rings. The summed E-state index contributed by atoms with van der Waals surface area (Å²) < 4.78 is 7.93. The second-order valence-electron chi connectivity index (χ2n) is 6.67. The maximum atomic E-state index is 12.4. The minimum atomic E-state index is -0.450. The smallest absolute Gasteiger partial charge is 0.340 e. The Labute approximate surface area is 151 Å². The Kier molecular flexibility index (Phi) is 3.22. The first-order valence-electron chi connectivity index (χ1n) is 8.69. The molecule has 126 valence electrons. The predicted molar refractivity (Wildman–Crippen MR) is 102 cm³/mol. The SMILES string of the molecule is Cc1cccc(-c2cc3ccccc3n2C2OC(=O)c3ccccc32)c1. The van der Waals surface area contributed by atoms with Crippen molar-refractivity contribution < 1.29 is 9.53 Å². The van der Waals surface area contributed by atoms with E-state index in [0.29, 0.717) is 5.56 Å². The number of fused-ring (bicyclic) bond motifs is 2. The lowest BCUT2D eigenvalue weighted by molar-refractivity contribution is 0.0335. The maximum absolute atomic E-state index is 12.4. The third-order valence-corrected chi connectivity index (χ3v) is 4.96. The minimum absolute atomic E-state index is 0.265. The molecule has 1 aliphatic heterocycles. The largest absolute Gasteiger partial charge is 0.433 e. The van der Waals surface area contributed by atoms with Gasteiger partial charge in [0.1, 0.15) is 0 Å². The van der Waals surface area contributed by atoms with Gasteiger partial charge in [-0.2, -0.15) is 0 Å². The highest BCUT2D eigenvalue weighted by atomic mass is 16.6. The van der Waals surface area contributed by atoms with Crippen molar-refractivity contribution >= 4 is 16.9 Å². The number of esters is 1. The number of aromatic nitrogens is 1. The minimum Gasteiger partial charge on any atom is -0.433 e. The van der Waals surface area contributed by atoms with Crippen LogP contribution in [0.15, 0.2) is 78.9 Å². The molecule has 0 radical (unpaired) electrons. The highest BCUT2D eigenvalue weighted by Crippen LogP contribution is 2.39. The third-order valence-electron chi connectivity index (χ3n) is 4.96. The van der Waals surface area contributed by atoms with Crippen molar-refractivity contribution in [3.63, 3.8) is 0 Å². The van der Waals surface area contributed by atoms with Crippen LogP contribution in [0, 0.1) is 6.92 Å². The summed E-state index contributed by atoms with van der Waals surface area (Å²) in [7, 11) is 0. The Bertz CT molecular complexity index is 1160. The number of para-hydroxylation sites is 1. The molecule has 0 amide bonds. The molecule has 0 fully saturated rings. The third kappa shape index (κ3) is 2.17. The highest BCUT2D eigenvalue weighted by Gasteiger charge is 2.33. The van der Waals surface area contributed by atoms with Crippen molar-refractivity contribution in [1.29, 1.82) is 0 Å². The second-order valence-corrected chi connectivity index (χ2v) is 6.67. The first-order chi connectivity index (χ1) is 12.7. The van der Waals surface area contributed by atoms with Crippen molar-refractivity contribution in [2.45, 2.75) is 13.2 Å². The fourth-order valence-corrected chi connectivity index (χ4v) is 3.77. The zero-order valence-corrected chi connectivity index (χ0v) is 14.3. The van der Waals surface area contributed by atoms with Crippen LogP contribution < -0.4 is 0 Å². The zero-order chi connectivity index (χ0) is 17.7. The molecule has 0 aliphatic carbocycles. The number of ether oxygens (including phenoxy) is 1. The number of carbonyl (C=O) groups excluding carboxylic acids is 1.